The van der Waals surface area contributed by atoms with Gasteiger partial charge in [0.1, 0.15) is 11.6 Å². The predicted molar refractivity (Wildman–Crippen MR) is 79.6 cm³/mol. The van der Waals surface area contributed by atoms with E-state index in [0.717, 1.165) is 19.3 Å². The van der Waals surface area contributed by atoms with Gasteiger partial charge in [0.2, 0.25) is 0 Å². The van der Waals surface area contributed by atoms with E-state index in [2.05, 4.69) is 0 Å². The summed E-state index contributed by atoms with van der Waals surface area (Å²) in [6.45, 7) is 0. The lowest BCUT2D eigenvalue weighted by molar-refractivity contribution is 0.0887. The Morgan fingerprint density at radius 3 is 2.57 bits per heavy atom. The quantitative estimate of drug-likeness (QED) is 0.806. The lowest BCUT2D eigenvalue weighted by atomic mass is 9.84. The van der Waals surface area contributed by atoms with Crippen LogP contribution in [0.5, 0.6) is 5.75 Å². The summed E-state index contributed by atoms with van der Waals surface area (Å²) in [6, 6.07) is 4.44. The van der Waals surface area contributed by atoms with Crippen molar-refractivity contribution in [2.24, 2.45) is 5.92 Å². The largest absolute Gasteiger partial charge is 0.496 e. The zero-order valence-corrected chi connectivity index (χ0v) is 12.8. The number of fused-ring (bicyclic) bond motifs is 2. The van der Waals surface area contributed by atoms with Crippen LogP contribution >= 0.6 is 0 Å². The molecule has 2 aliphatic heterocycles. The van der Waals surface area contributed by atoms with Gasteiger partial charge in [-0.3, -0.25) is 9.00 Å². The highest BCUT2D eigenvalue weighted by Crippen LogP contribution is 2.39. The number of benzene rings is 1. The van der Waals surface area contributed by atoms with Crippen LogP contribution in [0.2, 0.25) is 0 Å². The summed E-state index contributed by atoms with van der Waals surface area (Å²) >= 11 is 0. The minimum atomic E-state index is -0.819. The number of halogens is 1. The molecule has 0 radical (unpaired) electrons. The van der Waals surface area contributed by atoms with E-state index < -0.39 is 16.6 Å². The van der Waals surface area contributed by atoms with Gasteiger partial charge >= 0.3 is 0 Å². The third kappa shape index (κ3) is 2.63. The first-order chi connectivity index (χ1) is 10.1. The maximum absolute atomic E-state index is 14.0. The fourth-order valence-corrected chi connectivity index (χ4v) is 5.75. The number of ether oxygens (including phenoxy) is 1. The molecule has 0 aromatic heterocycles. The number of ketones is 1. The molecule has 2 heterocycles. The molecule has 0 N–H and O–H groups in total. The van der Waals surface area contributed by atoms with Gasteiger partial charge in [0.15, 0.2) is 5.78 Å². The maximum Gasteiger partial charge on any atom is 0.172 e. The molecule has 1 aromatic carbocycles. The van der Waals surface area contributed by atoms with Gasteiger partial charge in [-0.05, 0) is 37.8 Å². The molecule has 1 aromatic rings. The monoisotopic (exact) mass is 310 g/mol. The molecule has 2 saturated heterocycles. The number of hydrogen-bond acceptors (Lipinski definition) is 3. The second-order valence-corrected chi connectivity index (χ2v) is 7.84. The van der Waals surface area contributed by atoms with Gasteiger partial charge in [-0.2, -0.15) is 0 Å². The number of methoxy groups -OCH3 is 1. The Bertz CT molecular complexity index is 571. The lowest BCUT2D eigenvalue weighted by Gasteiger charge is -2.37. The van der Waals surface area contributed by atoms with Crippen molar-refractivity contribution < 1.29 is 18.1 Å². The average Bonchev–Trinajstić information content (AvgIpc) is 2.46. The first-order valence-electron chi connectivity index (χ1n) is 7.38. The van der Waals surface area contributed by atoms with Crippen molar-refractivity contribution in [2.45, 2.75) is 42.6 Å². The van der Waals surface area contributed by atoms with Crippen LogP contribution in [0.1, 0.15) is 42.5 Å². The van der Waals surface area contributed by atoms with Gasteiger partial charge in [0.25, 0.3) is 0 Å². The smallest absolute Gasteiger partial charge is 0.172 e. The standard InChI is InChI=1S/C16H19FO3S/c1-20-14-7-3-6-13(17)15(14)16(18)10-8-11-4-2-5-12(9-10)21(11)19/h3,6-7,10-12H,2,4-5,8-9H2,1H3. The minimum absolute atomic E-state index is 0.0516. The molecule has 0 aliphatic carbocycles. The Labute approximate surface area is 126 Å². The molecule has 3 rings (SSSR count). The fraction of sp³-hybridized carbons (Fsp3) is 0.562. The van der Waals surface area contributed by atoms with Crippen LogP contribution in [0, 0.1) is 11.7 Å². The van der Waals surface area contributed by atoms with Gasteiger partial charge < -0.3 is 4.74 Å². The maximum atomic E-state index is 14.0. The van der Waals surface area contributed by atoms with Crippen molar-refractivity contribution in [3.8, 4) is 5.75 Å². The van der Waals surface area contributed by atoms with Crippen molar-refractivity contribution in [1.82, 2.24) is 0 Å². The molecule has 21 heavy (non-hydrogen) atoms. The minimum Gasteiger partial charge on any atom is -0.496 e. The second-order valence-electron chi connectivity index (χ2n) is 5.85. The van der Waals surface area contributed by atoms with Gasteiger partial charge in [-0.1, -0.05) is 12.5 Å². The first kappa shape index (κ1) is 14.7. The summed E-state index contributed by atoms with van der Waals surface area (Å²) in [5.74, 6) is -0.671. The number of rotatable bonds is 3. The van der Waals surface area contributed by atoms with Crippen LogP contribution in [0.3, 0.4) is 0 Å². The van der Waals surface area contributed by atoms with Crippen molar-refractivity contribution >= 4 is 16.6 Å². The first-order valence-corrected chi connectivity index (χ1v) is 8.65. The Hall–Kier alpha value is -1.23. The molecule has 5 heteroatoms. The highest BCUT2D eigenvalue weighted by atomic mass is 32.2. The number of Topliss-reactive ketones (excluding diaryl/α,β-unsaturated/α-hetero) is 1. The summed E-state index contributed by atoms with van der Waals surface area (Å²) in [5.41, 5.74) is 0.0516. The molecule has 0 spiro atoms. The number of carbonyl (C=O) groups excluding carboxylic acids is 1. The Morgan fingerprint density at radius 1 is 1.29 bits per heavy atom. The SMILES string of the molecule is COc1cccc(F)c1C(=O)C1CC2CCCC(C1)S2=O. The van der Waals surface area contributed by atoms with E-state index in [1.165, 1.54) is 19.2 Å². The summed E-state index contributed by atoms with van der Waals surface area (Å²) in [4.78, 5) is 12.7. The van der Waals surface area contributed by atoms with Crippen molar-refractivity contribution in [3.63, 3.8) is 0 Å². The molecule has 3 nitrogen and oxygen atoms in total. The molecule has 0 amide bonds. The van der Waals surface area contributed by atoms with Crippen LogP contribution in [0.15, 0.2) is 18.2 Å². The Morgan fingerprint density at radius 2 is 1.95 bits per heavy atom. The normalized spacial score (nSPS) is 31.7. The van der Waals surface area contributed by atoms with Gasteiger partial charge in [0.05, 0.1) is 12.7 Å². The summed E-state index contributed by atoms with van der Waals surface area (Å²) in [5, 5.41) is 0.202. The lowest BCUT2D eigenvalue weighted by Crippen LogP contribution is -2.41. The third-order valence-electron chi connectivity index (χ3n) is 4.62. The van der Waals surface area contributed by atoms with Crippen molar-refractivity contribution in [2.75, 3.05) is 7.11 Å². The van der Waals surface area contributed by atoms with E-state index in [-0.39, 0.29) is 33.5 Å². The van der Waals surface area contributed by atoms with Crippen LogP contribution in [-0.4, -0.2) is 27.6 Å². The molecular formula is C16H19FO3S. The van der Waals surface area contributed by atoms with Gasteiger partial charge in [-0.25, -0.2) is 4.39 Å². The number of hydrogen-bond donors (Lipinski definition) is 0. The number of carbonyl (C=O) groups is 1. The van der Waals surface area contributed by atoms with Crippen LogP contribution in [0.4, 0.5) is 4.39 Å². The van der Waals surface area contributed by atoms with Gasteiger partial charge in [0, 0.05) is 27.2 Å². The molecule has 2 atom stereocenters. The zero-order chi connectivity index (χ0) is 15.0. The topological polar surface area (TPSA) is 43.4 Å². The summed E-state index contributed by atoms with van der Waals surface area (Å²) in [7, 11) is 0.621. The van der Waals surface area contributed by atoms with Crippen LogP contribution < -0.4 is 4.74 Å². The van der Waals surface area contributed by atoms with Gasteiger partial charge in [-0.15, -0.1) is 0 Å². The molecule has 114 valence electrons. The molecular weight excluding hydrogens is 291 g/mol. The fourth-order valence-electron chi connectivity index (χ4n) is 3.57. The van der Waals surface area contributed by atoms with E-state index >= 15 is 0 Å². The Balaban J connectivity index is 1.88. The van der Waals surface area contributed by atoms with E-state index in [4.69, 9.17) is 4.74 Å². The summed E-state index contributed by atoms with van der Waals surface area (Å²) in [6.07, 6.45) is 4.15. The third-order valence-corrected chi connectivity index (χ3v) is 6.79. The molecule has 2 bridgehead atoms. The van der Waals surface area contributed by atoms with Crippen LogP contribution in [-0.2, 0) is 10.8 Å². The molecule has 0 saturated carbocycles. The van der Waals surface area contributed by atoms with Crippen molar-refractivity contribution in [3.05, 3.63) is 29.6 Å². The highest BCUT2D eigenvalue weighted by Gasteiger charge is 2.41. The van der Waals surface area contributed by atoms with E-state index in [0.29, 0.717) is 12.8 Å². The molecule has 2 unspecified atom stereocenters. The molecule has 2 fully saturated rings. The van der Waals surface area contributed by atoms with E-state index in [9.17, 15) is 13.4 Å². The summed E-state index contributed by atoms with van der Waals surface area (Å²) < 4.78 is 31.4. The predicted octanol–water partition coefficient (Wildman–Crippen LogP) is 3.10. The zero-order valence-electron chi connectivity index (χ0n) is 12.0. The van der Waals surface area contributed by atoms with Crippen LogP contribution in [0.25, 0.3) is 0 Å². The molecule has 2 aliphatic rings. The second kappa shape index (κ2) is 5.87. The van der Waals surface area contributed by atoms with E-state index in [1.807, 2.05) is 0 Å². The average molecular weight is 310 g/mol. The Kier molecular flexibility index (Phi) is 4.11. The van der Waals surface area contributed by atoms with Crippen molar-refractivity contribution in [1.29, 1.82) is 0 Å². The van der Waals surface area contributed by atoms with E-state index in [1.54, 1.807) is 6.07 Å². The highest BCUT2D eigenvalue weighted by molar-refractivity contribution is 7.86.